The van der Waals surface area contributed by atoms with E-state index in [2.05, 4.69) is 0 Å². The van der Waals surface area contributed by atoms with Crippen LogP contribution in [0.25, 0.3) is 29.2 Å². The second-order valence-electron chi connectivity index (χ2n) is 14.2. The molecule has 0 atom stereocenters. The average Bonchev–Trinajstić information content (AvgIpc) is 3.31. The van der Waals surface area contributed by atoms with E-state index in [1.165, 1.54) is 6.08 Å². The van der Waals surface area contributed by atoms with Crippen LogP contribution in [-0.2, 0) is 26.4 Å². The normalized spacial score (nSPS) is 11.2. The van der Waals surface area contributed by atoms with Crippen molar-refractivity contribution in [1.29, 1.82) is 0 Å². The molecule has 0 saturated carbocycles. The Bertz CT molecular complexity index is 2800. The molecule has 0 N–H and O–H groups in total. The molecule has 8 rings (SSSR count). The van der Waals surface area contributed by atoms with Crippen LogP contribution in [0.15, 0.2) is 197 Å². The quantitative estimate of drug-likeness (QED) is 0.0669. The molecule has 0 amide bonds. The SMILES string of the molecule is O=C(/C=C/c1ccc(OCc2ccccc2)cc1)c1c(/C=C/c2ccc(OCc3ccccc3)cc2)oc2cc(OCc3ccccc3)cc(OCc3ccccc3)c2c1=O. The number of hydrogen-bond donors (Lipinski definition) is 0. The van der Waals surface area contributed by atoms with Crippen molar-refractivity contribution >= 4 is 35.0 Å². The minimum atomic E-state index is -0.525. The predicted octanol–water partition coefficient (Wildman–Crippen LogP) is 12.2. The van der Waals surface area contributed by atoms with Gasteiger partial charge in [0.2, 0.25) is 5.43 Å². The molecule has 1 heterocycles. The Morgan fingerprint density at radius 3 is 1.36 bits per heavy atom. The third-order valence-corrected chi connectivity index (χ3v) is 9.80. The van der Waals surface area contributed by atoms with Crippen LogP contribution in [0, 0.1) is 0 Å². The summed E-state index contributed by atoms with van der Waals surface area (Å²) in [6.07, 6.45) is 6.49. The average molecular weight is 803 g/mol. The summed E-state index contributed by atoms with van der Waals surface area (Å²) < 4.78 is 31.0. The van der Waals surface area contributed by atoms with Crippen molar-refractivity contribution in [1.82, 2.24) is 0 Å². The maximum atomic E-state index is 14.7. The molecule has 300 valence electrons. The topological polar surface area (TPSA) is 84.2 Å². The summed E-state index contributed by atoms with van der Waals surface area (Å²) in [5.41, 5.74) is 5.13. The smallest absolute Gasteiger partial charge is 0.208 e. The molecule has 0 aliphatic carbocycles. The maximum absolute atomic E-state index is 14.7. The number of rotatable bonds is 17. The monoisotopic (exact) mass is 802 g/mol. The van der Waals surface area contributed by atoms with Crippen molar-refractivity contribution in [2.24, 2.45) is 0 Å². The van der Waals surface area contributed by atoms with Gasteiger partial charge in [-0.3, -0.25) is 9.59 Å². The summed E-state index contributed by atoms with van der Waals surface area (Å²) >= 11 is 0. The number of ketones is 1. The van der Waals surface area contributed by atoms with Gasteiger partial charge >= 0.3 is 0 Å². The molecule has 7 heteroatoms. The van der Waals surface area contributed by atoms with Crippen molar-refractivity contribution < 1.29 is 28.2 Å². The van der Waals surface area contributed by atoms with E-state index in [4.69, 9.17) is 23.4 Å². The predicted molar refractivity (Wildman–Crippen MR) is 241 cm³/mol. The van der Waals surface area contributed by atoms with E-state index in [1.807, 2.05) is 170 Å². The zero-order chi connectivity index (χ0) is 41.6. The number of ether oxygens (including phenoxy) is 4. The van der Waals surface area contributed by atoms with Crippen LogP contribution >= 0.6 is 0 Å². The standard InChI is InChI=1S/C54H42O7/c55-48(31-25-39-21-27-45(28-22-39)57-35-41-13-5-1-6-14-41)52-49(32-26-40-23-29-46(30-24-40)58-36-42-15-7-2-8-16-42)61-51-34-47(59-37-43-17-9-3-10-18-43)33-50(53(51)54(52)56)60-38-44-19-11-4-12-20-44/h1-34H,35-38H2/b31-25+,32-26+. The van der Waals surface area contributed by atoms with E-state index in [1.54, 1.807) is 30.4 Å². The number of carbonyl (C=O) groups excluding carboxylic acids is 1. The molecular formula is C54H42O7. The first kappa shape index (κ1) is 39.9. The van der Waals surface area contributed by atoms with Crippen molar-refractivity contribution in [2.75, 3.05) is 0 Å². The van der Waals surface area contributed by atoms with Crippen molar-refractivity contribution in [2.45, 2.75) is 26.4 Å². The van der Waals surface area contributed by atoms with Gasteiger partial charge in [0.15, 0.2) is 5.78 Å². The van der Waals surface area contributed by atoms with Crippen LogP contribution in [0.5, 0.6) is 23.0 Å². The van der Waals surface area contributed by atoms with Gasteiger partial charge in [0.25, 0.3) is 0 Å². The van der Waals surface area contributed by atoms with Gasteiger partial charge in [-0.2, -0.15) is 0 Å². The van der Waals surface area contributed by atoms with Crippen LogP contribution in [0.1, 0.15) is 49.5 Å². The molecule has 0 spiro atoms. The summed E-state index contributed by atoms with van der Waals surface area (Å²) in [7, 11) is 0. The lowest BCUT2D eigenvalue weighted by Crippen LogP contribution is -2.17. The molecule has 0 aliphatic heterocycles. The largest absolute Gasteiger partial charge is 0.489 e. The van der Waals surface area contributed by atoms with E-state index in [0.29, 0.717) is 30.5 Å². The highest BCUT2D eigenvalue weighted by Gasteiger charge is 2.22. The molecule has 7 aromatic carbocycles. The number of allylic oxidation sites excluding steroid dienone is 1. The summed E-state index contributed by atoms with van der Waals surface area (Å²) in [4.78, 5) is 28.9. The molecular weight excluding hydrogens is 761 g/mol. The number of fused-ring (bicyclic) bond motifs is 1. The highest BCUT2D eigenvalue weighted by molar-refractivity contribution is 6.10. The molecule has 7 nitrogen and oxygen atoms in total. The molecule has 0 bridgehead atoms. The Labute approximate surface area is 354 Å². The zero-order valence-corrected chi connectivity index (χ0v) is 33.3. The fraction of sp³-hybridized carbons (Fsp3) is 0.0741. The summed E-state index contributed by atoms with van der Waals surface area (Å²) in [6.45, 7) is 1.34. The van der Waals surface area contributed by atoms with Crippen molar-refractivity contribution in [3.63, 3.8) is 0 Å². The fourth-order valence-electron chi connectivity index (χ4n) is 6.56. The lowest BCUT2D eigenvalue weighted by molar-refractivity contribution is 0.104. The fourth-order valence-corrected chi connectivity index (χ4v) is 6.56. The number of benzene rings is 7. The minimum Gasteiger partial charge on any atom is -0.489 e. The second-order valence-corrected chi connectivity index (χ2v) is 14.2. The van der Waals surface area contributed by atoms with Gasteiger partial charge < -0.3 is 23.4 Å². The van der Waals surface area contributed by atoms with Gasteiger partial charge in [-0.15, -0.1) is 0 Å². The van der Waals surface area contributed by atoms with Gasteiger partial charge in [0.1, 0.15) is 71.7 Å². The highest BCUT2D eigenvalue weighted by Crippen LogP contribution is 2.33. The molecule has 61 heavy (non-hydrogen) atoms. The van der Waals surface area contributed by atoms with Gasteiger partial charge in [0.05, 0.1) is 0 Å². The minimum absolute atomic E-state index is 0.0930. The first-order valence-electron chi connectivity index (χ1n) is 20.0. The molecule has 0 saturated heterocycles. The molecule has 0 fully saturated rings. The first-order chi connectivity index (χ1) is 30.0. The van der Waals surface area contributed by atoms with Crippen LogP contribution in [0.3, 0.4) is 0 Å². The third-order valence-electron chi connectivity index (χ3n) is 9.80. The van der Waals surface area contributed by atoms with Gasteiger partial charge in [0, 0.05) is 12.1 Å². The Hall–Kier alpha value is -7.90. The lowest BCUT2D eigenvalue weighted by Gasteiger charge is -2.14. The molecule has 8 aromatic rings. The van der Waals surface area contributed by atoms with E-state index in [-0.39, 0.29) is 41.3 Å². The summed E-state index contributed by atoms with van der Waals surface area (Å²) in [5, 5.41) is 0.136. The maximum Gasteiger partial charge on any atom is 0.208 e. The van der Waals surface area contributed by atoms with Gasteiger partial charge in [-0.05, 0) is 69.8 Å². The summed E-state index contributed by atoms with van der Waals surface area (Å²) in [5.74, 6) is 1.66. The Morgan fingerprint density at radius 1 is 0.459 bits per heavy atom. The van der Waals surface area contributed by atoms with E-state index < -0.39 is 11.2 Å². The van der Waals surface area contributed by atoms with Gasteiger partial charge in [-0.25, -0.2) is 0 Å². The third kappa shape index (κ3) is 10.8. The Balaban J connectivity index is 1.12. The lowest BCUT2D eigenvalue weighted by atomic mass is 10.0. The van der Waals surface area contributed by atoms with Crippen molar-refractivity contribution in [3.05, 3.63) is 243 Å². The number of hydrogen-bond acceptors (Lipinski definition) is 7. The second kappa shape index (κ2) is 19.7. The van der Waals surface area contributed by atoms with Crippen LogP contribution in [-0.4, -0.2) is 5.78 Å². The van der Waals surface area contributed by atoms with Crippen LogP contribution in [0.2, 0.25) is 0 Å². The van der Waals surface area contributed by atoms with Crippen LogP contribution in [0.4, 0.5) is 0 Å². The Kier molecular flexibility index (Phi) is 12.9. The van der Waals surface area contributed by atoms with E-state index in [0.717, 1.165) is 33.4 Å². The Morgan fingerprint density at radius 2 is 0.885 bits per heavy atom. The molecule has 0 radical (unpaired) electrons. The van der Waals surface area contributed by atoms with Crippen molar-refractivity contribution in [3.8, 4) is 23.0 Å². The first-order valence-corrected chi connectivity index (χ1v) is 20.0. The van der Waals surface area contributed by atoms with E-state index >= 15 is 0 Å². The van der Waals surface area contributed by atoms with Gasteiger partial charge in [-0.1, -0.05) is 158 Å². The number of carbonyl (C=O) groups is 1. The summed E-state index contributed by atoms with van der Waals surface area (Å²) in [6, 6.07) is 57.6. The van der Waals surface area contributed by atoms with Crippen LogP contribution < -0.4 is 24.4 Å². The van der Waals surface area contributed by atoms with E-state index in [9.17, 15) is 9.59 Å². The zero-order valence-electron chi connectivity index (χ0n) is 33.3. The molecule has 1 aromatic heterocycles. The molecule has 0 aliphatic rings. The highest BCUT2D eigenvalue weighted by atomic mass is 16.5. The molecule has 0 unspecified atom stereocenters.